The zero-order valence-corrected chi connectivity index (χ0v) is 10.8. The van der Waals surface area contributed by atoms with Crippen molar-refractivity contribution in [2.75, 3.05) is 11.5 Å². The topological polar surface area (TPSA) is 63.6 Å². The molecule has 0 bridgehead atoms. The third kappa shape index (κ3) is 2.12. The summed E-state index contributed by atoms with van der Waals surface area (Å²) in [5.74, 6) is 1.07. The van der Waals surface area contributed by atoms with Crippen molar-refractivity contribution in [3.63, 3.8) is 0 Å². The minimum Gasteiger partial charge on any atom is -0.489 e. The number of benzene rings is 1. The van der Waals surface area contributed by atoms with E-state index in [-0.39, 0.29) is 17.6 Å². The highest BCUT2D eigenvalue weighted by atomic mass is 32.2. The van der Waals surface area contributed by atoms with Crippen molar-refractivity contribution >= 4 is 9.84 Å². The predicted octanol–water partition coefficient (Wildman–Crippen LogP) is 1.23. The molecule has 0 amide bonds. The highest BCUT2D eigenvalue weighted by molar-refractivity contribution is 7.91. The van der Waals surface area contributed by atoms with E-state index in [1.54, 1.807) is 0 Å². The third-order valence-corrected chi connectivity index (χ3v) is 5.42. The lowest BCUT2D eigenvalue weighted by molar-refractivity contribution is 0.180. The zero-order chi connectivity index (χ0) is 12.8. The fraction of sp³-hybridized carbons (Fsp3) is 0.538. The molecule has 1 aliphatic heterocycles. The summed E-state index contributed by atoms with van der Waals surface area (Å²) in [7, 11) is -2.91. The van der Waals surface area contributed by atoms with Crippen molar-refractivity contribution in [2.24, 2.45) is 0 Å². The van der Waals surface area contributed by atoms with Crippen LogP contribution in [0.2, 0.25) is 0 Å². The van der Waals surface area contributed by atoms with E-state index in [2.05, 4.69) is 0 Å². The summed E-state index contributed by atoms with van der Waals surface area (Å²) in [6, 6.07) is 5.62. The Balaban J connectivity index is 1.83. The maximum atomic E-state index is 11.4. The molecule has 3 rings (SSSR count). The maximum absolute atomic E-state index is 11.4. The van der Waals surface area contributed by atoms with Gasteiger partial charge in [0.25, 0.3) is 0 Å². The molecule has 0 aromatic heterocycles. The number of aliphatic hydroxyl groups excluding tert-OH is 1. The summed E-state index contributed by atoms with van der Waals surface area (Å²) in [4.78, 5) is 0. The van der Waals surface area contributed by atoms with Crippen LogP contribution in [0.25, 0.3) is 0 Å². The first-order chi connectivity index (χ1) is 8.55. The van der Waals surface area contributed by atoms with Gasteiger partial charge in [0.2, 0.25) is 0 Å². The molecule has 1 saturated heterocycles. The largest absolute Gasteiger partial charge is 0.489 e. The van der Waals surface area contributed by atoms with Gasteiger partial charge in [0.15, 0.2) is 9.84 Å². The number of sulfone groups is 1. The van der Waals surface area contributed by atoms with Crippen LogP contribution >= 0.6 is 0 Å². The van der Waals surface area contributed by atoms with E-state index in [0.29, 0.717) is 6.42 Å². The van der Waals surface area contributed by atoms with Crippen LogP contribution in [0.5, 0.6) is 5.75 Å². The van der Waals surface area contributed by atoms with Crippen molar-refractivity contribution in [2.45, 2.75) is 31.5 Å². The van der Waals surface area contributed by atoms with Crippen LogP contribution in [0, 0.1) is 0 Å². The zero-order valence-electron chi connectivity index (χ0n) is 10.0. The number of aliphatic hydroxyl groups is 1. The summed E-state index contributed by atoms with van der Waals surface area (Å²) in [5.41, 5.74) is 1.96. The minimum atomic E-state index is -2.91. The quantitative estimate of drug-likeness (QED) is 0.876. The highest BCUT2D eigenvalue weighted by Gasteiger charge is 2.31. The average molecular weight is 268 g/mol. The first-order valence-electron chi connectivity index (χ1n) is 6.22. The molecule has 1 aromatic carbocycles. The second-order valence-electron chi connectivity index (χ2n) is 5.02. The second-order valence-corrected chi connectivity index (χ2v) is 7.25. The van der Waals surface area contributed by atoms with Gasteiger partial charge >= 0.3 is 0 Å². The Morgan fingerprint density at radius 3 is 2.83 bits per heavy atom. The molecule has 2 atom stereocenters. The van der Waals surface area contributed by atoms with E-state index in [0.717, 1.165) is 29.7 Å². The molecular weight excluding hydrogens is 252 g/mol. The lowest BCUT2D eigenvalue weighted by Crippen LogP contribution is -2.18. The summed E-state index contributed by atoms with van der Waals surface area (Å²) < 4.78 is 28.6. The summed E-state index contributed by atoms with van der Waals surface area (Å²) in [6.45, 7) is 0. The standard InChI is InChI=1S/C13H16O4S/c14-12-5-4-11-10(12)2-1-3-13(11)17-9-6-7-18(15,16)8-9/h1-3,9,12,14H,4-8H2. The minimum absolute atomic E-state index is 0.110. The number of ether oxygens (including phenoxy) is 1. The van der Waals surface area contributed by atoms with Crippen molar-refractivity contribution in [1.29, 1.82) is 0 Å². The molecule has 18 heavy (non-hydrogen) atoms. The Bertz CT molecular complexity index is 564. The van der Waals surface area contributed by atoms with Crippen LogP contribution < -0.4 is 4.74 Å². The molecule has 1 heterocycles. The maximum Gasteiger partial charge on any atom is 0.154 e. The molecule has 1 aromatic rings. The lowest BCUT2D eigenvalue weighted by Gasteiger charge is -2.15. The summed E-state index contributed by atoms with van der Waals surface area (Å²) in [6.07, 6.45) is 1.44. The van der Waals surface area contributed by atoms with Gasteiger partial charge in [-0.3, -0.25) is 0 Å². The van der Waals surface area contributed by atoms with E-state index < -0.39 is 15.9 Å². The van der Waals surface area contributed by atoms with E-state index >= 15 is 0 Å². The van der Waals surface area contributed by atoms with Crippen LogP contribution in [-0.4, -0.2) is 31.1 Å². The van der Waals surface area contributed by atoms with Crippen molar-refractivity contribution in [1.82, 2.24) is 0 Å². The molecule has 98 valence electrons. The van der Waals surface area contributed by atoms with Crippen LogP contribution in [0.1, 0.15) is 30.1 Å². The second kappa shape index (κ2) is 4.24. The SMILES string of the molecule is O=S1(=O)CCC(Oc2cccc3c2CCC3O)C1. The van der Waals surface area contributed by atoms with E-state index in [1.165, 1.54) is 0 Å². The smallest absolute Gasteiger partial charge is 0.154 e. The average Bonchev–Trinajstić information content (AvgIpc) is 2.84. The monoisotopic (exact) mass is 268 g/mol. The van der Waals surface area contributed by atoms with Gasteiger partial charge in [-0.2, -0.15) is 0 Å². The van der Waals surface area contributed by atoms with Crippen molar-refractivity contribution in [3.05, 3.63) is 29.3 Å². The van der Waals surface area contributed by atoms with Crippen LogP contribution in [-0.2, 0) is 16.3 Å². The molecule has 0 radical (unpaired) electrons. The van der Waals surface area contributed by atoms with E-state index in [1.807, 2.05) is 18.2 Å². The predicted molar refractivity (Wildman–Crippen MR) is 67.4 cm³/mol. The molecule has 2 unspecified atom stereocenters. The van der Waals surface area contributed by atoms with Crippen LogP contribution in [0.4, 0.5) is 0 Å². The first-order valence-corrected chi connectivity index (χ1v) is 8.04. The van der Waals surface area contributed by atoms with Crippen LogP contribution in [0.3, 0.4) is 0 Å². The normalized spacial score (nSPS) is 29.2. The lowest BCUT2D eigenvalue weighted by atomic mass is 10.1. The molecular formula is C13H16O4S. The highest BCUT2D eigenvalue weighted by Crippen LogP contribution is 2.37. The van der Waals surface area contributed by atoms with Crippen molar-refractivity contribution in [3.8, 4) is 5.75 Å². The van der Waals surface area contributed by atoms with Gasteiger partial charge in [0.1, 0.15) is 11.9 Å². The summed E-state index contributed by atoms with van der Waals surface area (Å²) >= 11 is 0. The van der Waals surface area contributed by atoms with Gasteiger partial charge in [0, 0.05) is 5.56 Å². The fourth-order valence-electron chi connectivity index (χ4n) is 2.74. The Hall–Kier alpha value is -1.07. The molecule has 4 nitrogen and oxygen atoms in total. The van der Waals surface area contributed by atoms with Gasteiger partial charge in [-0.25, -0.2) is 8.42 Å². The number of hydrogen-bond acceptors (Lipinski definition) is 4. The molecule has 5 heteroatoms. The van der Waals surface area contributed by atoms with Gasteiger partial charge in [0.05, 0.1) is 17.6 Å². The fourth-order valence-corrected chi connectivity index (χ4v) is 4.33. The molecule has 2 aliphatic rings. The third-order valence-electron chi connectivity index (χ3n) is 3.68. The Morgan fingerprint density at radius 2 is 2.11 bits per heavy atom. The van der Waals surface area contributed by atoms with Gasteiger partial charge in [-0.15, -0.1) is 0 Å². The molecule has 1 N–H and O–H groups in total. The molecule has 0 saturated carbocycles. The van der Waals surface area contributed by atoms with Gasteiger partial charge in [-0.1, -0.05) is 12.1 Å². The number of fused-ring (bicyclic) bond motifs is 1. The Kier molecular flexibility index (Phi) is 2.83. The molecule has 1 fully saturated rings. The molecule has 1 aliphatic carbocycles. The van der Waals surface area contributed by atoms with Gasteiger partial charge < -0.3 is 9.84 Å². The van der Waals surface area contributed by atoms with Gasteiger partial charge in [-0.05, 0) is 30.9 Å². The first kappa shape index (κ1) is 12.0. The molecule has 0 spiro atoms. The van der Waals surface area contributed by atoms with Crippen molar-refractivity contribution < 1.29 is 18.3 Å². The Morgan fingerprint density at radius 1 is 1.28 bits per heavy atom. The number of hydrogen-bond donors (Lipinski definition) is 1. The van der Waals surface area contributed by atoms with E-state index in [9.17, 15) is 13.5 Å². The Labute approximate surface area is 107 Å². The summed E-state index contributed by atoms with van der Waals surface area (Å²) in [5, 5.41) is 9.80. The number of rotatable bonds is 2. The van der Waals surface area contributed by atoms with Crippen LogP contribution in [0.15, 0.2) is 18.2 Å². The van der Waals surface area contributed by atoms with E-state index in [4.69, 9.17) is 4.74 Å².